The number of carbonyl (C=O) groups is 1. The molecule has 0 saturated carbocycles. The molecule has 86 valence electrons. The first-order chi connectivity index (χ1) is 7.72. The van der Waals surface area contributed by atoms with Crippen LogP contribution in [0, 0.1) is 0 Å². The van der Waals surface area contributed by atoms with Gasteiger partial charge in [-0.25, -0.2) is 4.79 Å². The van der Waals surface area contributed by atoms with Gasteiger partial charge < -0.3 is 18.9 Å². The Kier molecular flexibility index (Phi) is 2.70. The number of methoxy groups -OCH3 is 3. The number of ether oxygens (including phenoxy) is 4. The summed E-state index contributed by atoms with van der Waals surface area (Å²) in [6.07, 6.45) is -0.665. The van der Waals surface area contributed by atoms with Crippen LogP contribution in [0.5, 0.6) is 11.5 Å². The van der Waals surface area contributed by atoms with Gasteiger partial charge in [-0.1, -0.05) is 0 Å². The van der Waals surface area contributed by atoms with E-state index in [-0.39, 0.29) is 0 Å². The predicted octanol–water partition coefficient (Wildman–Crippen LogP) is 1.52. The highest BCUT2D eigenvalue weighted by atomic mass is 16.7. The van der Waals surface area contributed by atoms with Gasteiger partial charge in [-0.05, 0) is 12.1 Å². The van der Waals surface area contributed by atoms with Crippen molar-refractivity contribution in [1.82, 2.24) is 0 Å². The summed E-state index contributed by atoms with van der Waals surface area (Å²) in [7, 11) is 4.47. The summed E-state index contributed by atoms with van der Waals surface area (Å²) in [6, 6.07) is 3.45. The highest BCUT2D eigenvalue weighted by Gasteiger charge is 2.35. The zero-order chi connectivity index (χ0) is 11.7. The number of hydrogen-bond donors (Lipinski definition) is 0. The Balaban J connectivity index is 2.60. The second-order valence-electron chi connectivity index (χ2n) is 3.24. The molecular formula is C11H12O5. The molecule has 1 aliphatic rings. The van der Waals surface area contributed by atoms with Crippen molar-refractivity contribution in [2.24, 2.45) is 0 Å². The molecule has 1 atom stereocenters. The van der Waals surface area contributed by atoms with Gasteiger partial charge in [0.1, 0.15) is 5.56 Å². The second-order valence-corrected chi connectivity index (χ2v) is 3.24. The first-order valence-corrected chi connectivity index (χ1v) is 4.71. The van der Waals surface area contributed by atoms with E-state index in [1.807, 2.05) is 0 Å². The molecular weight excluding hydrogens is 212 g/mol. The largest absolute Gasteiger partial charge is 0.493 e. The smallest absolute Gasteiger partial charge is 0.345 e. The van der Waals surface area contributed by atoms with Crippen molar-refractivity contribution in [2.75, 3.05) is 21.3 Å². The Hall–Kier alpha value is -1.75. The Morgan fingerprint density at radius 3 is 2.50 bits per heavy atom. The van der Waals surface area contributed by atoms with Gasteiger partial charge in [-0.2, -0.15) is 0 Å². The lowest BCUT2D eigenvalue weighted by Gasteiger charge is -2.10. The Bertz CT molecular complexity index is 427. The molecule has 0 unspecified atom stereocenters. The monoisotopic (exact) mass is 224 g/mol. The second kappa shape index (κ2) is 4.02. The van der Waals surface area contributed by atoms with Gasteiger partial charge in [-0.3, -0.25) is 0 Å². The van der Waals surface area contributed by atoms with Gasteiger partial charge in [0.25, 0.3) is 0 Å². The van der Waals surface area contributed by atoms with E-state index in [2.05, 4.69) is 0 Å². The van der Waals surface area contributed by atoms with E-state index >= 15 is 0 Å². The third-order valence-electron chi connectivity index (χ3n) is 2.46. The molecule has 0 radical (unpaired) electrons. The molecule has 0 N–H and O–H groups in total. The molecule has 0 spiro atoms. The number of esters is 1. The van der Waals surface area contributed by atoms with Crippen LogP contribution in [0.1, 0.15) is 22.2 Å². The molecule has 0 aliphatic carbocycles. The number of rotatable bonds is 3. The van der Waals surface area contributed by atoms with E-state index in [4.69, 9.17) is 18.9 Å². The average Bonchev–Trinajstić information content (AvgIpc) is 2.65. The molecule has 0 amide bonds. The summed E-state index contributed by atoms with van der Waals surface area (Å²) in [4.78, 5) is 11.6. The van der Waals surface area contributed by atoms with Crippen LogP contribution in [0.2, 0.25) is 0 Å². The Labute approximate surface area is 92.9 Å². The standard InChI is InChI=1S/C11H12O5/c1-13-7-5-4-6-8(9(7)14-2)10(12)16-11(6)15-3/h4-5,11H,1-3H3/t11-/m0/s1. The minimum atomic E-state index is -0.665. The maximum atomic E-state index is 11.6. The number of cyclic esters (lactones) is 1. The normalized spacial score (nSPS) is 17.9. The molecule has 0 saturated heterocycles. The summed E-state index contributed by atoms with van der Waals surface area (Å²) in [5.74, 6) is 0.414. The zero-order valence-electron chi connectivity index (χ0n) is 9.27. The van der Waals surface area contributed by atoms with E-state index in [1.165, 1.54) is 21.3 Å². The SMILES string of the molecule is COc1ccc2c(c1OC)C(=O)O[C@@H]2OC. The van der Waals surface area contributed by atoms with Crippen LogP contribution in [0.4, 0.5) is 0 Å². The quantitative estimate of drug-likeness (QED) is 0.728. The lowest BCUT2D eigenvalue weighted by Crippen LogP contribution is -2.00. The van der Waals surface area contributed by atoms with Crippen LogP contribution in [-0.4, -0.2) is 27.3 Å². The van der Waals surface area contributed by atoms with E-state index in [1.54, 1.807) is 12.1 Å². The molecule has 1 aromatic carbocycles. The van der Waals surface area contributed by atoms with Crippen LogP contribution in [0.15, 0.2) is 12.1 Å². The van der Waals surface area contributed by atoms with Crippen molar-refractivity contribution in [2.45, 2.75) is 6.29 Å². The lowest BCUT2D eigenvalue weighted by molar-refractivity contribution is -0.0815. The van der Waals surface area contributed by atoms with Gasteiger partial charge >= 0.3 is 5.97 Å². The van der Waals surface area contributed by atoms with Gasteiger partial charge in [0.05, 0.1) is 14.2 Å². The van der Waals surface area contributed by atoms with Crippen LogP contribution in [0.25, 0.3) is 0 Å². The lowest BCUT2D eigenvalue weighted by atomic mass is 10.1. The van der Waals surface area contributed by atoms with Crippen LogP contribution in [-0.2, 0) is 9.47 Å². The first kappa shape index (κ1) is 10.8. The molecule has 0 aromatic heterocycles. The topological polar surface area (TPSA) is 54.0 Å². The van der Waals surface area contributed by atoms with Crippen molar-refractivity contribution in [1.29, 1.82) is 0 Å². The summed E-state index contributed by atoms with van der Waals surface area (Å²) in [5, 5.41) is 0. The van der Waals surface area contributed by atoms with Crippen LogP contribution >= 0.6 is 0 Å². The van der Waals surface area contributed by atoms with Gasteiger partial charge in [0.2, 0.25) is 6.29 Å². The molecule has 0 fully saturated rings. The van der Waals surface area contributed by atoms with E-state index in [9.17, 15) is 4.79 Å². The highest BCUT2D eigenvalue weighted by Crippen LogP contribution is 2.41. The fraction of sp³-hybridized carbons (Fsp3) is 0.364. The molecule has 2 rings (SSSR count). The average molecular weight is 224 g/mol. The number of hydrogen-bond acceptors (Lipinski definition) is 5. The van der Waals surface area contributed by atoms with E-state index in [0.29, 0.717) is 22.6 Å². The molecule has 5 heteroatoms. The fourth-order valence-corrected chi connectivity index (χ4v) is 1.74. The minimum absolute atomic E-state index is 0.369. The molecule has 16 heavy (non-hydrogen) atoms. The molecule has 0 bridgehead atoms. The van der Waals surface area contributed by atoms with Gasteiger partial charge in [-0.15, -0.1) is 0 Å². The third kappa shape index (κ3) is 1.40. The molecule has 5 nitrogen and oxygen atoms in total. The molecule has 1 heterocycles. The van der Waals surface area contributed by atoms with Gasteiger partial charge in [0, 0.05) is 12.7 Å². The van der Waals surface area contributed by atoms with Gasteiger partial charge in [0.15, 0.2) is 11.5 Å². The maximum Gasteiger partial charge on any atom is 0.345 e. The first-order valence-electron chi connectivity index (χ1n) is 4.71. The van der Waals surface area contributed by atoms with Crippen molar-refractivity contribution in [3.8, 4) is 11.5 Å². The van der Waals surface area contributed by atoms with E-state index in [0.717, 1.165) is 0 Å². The summed E-state index contributed by atoms with van der Waals surface area (Å²) >= 11 is 0. The summed E-state index contributed by atoms with van der Waals surface area (Å²) in [6.45, 7) is 0. The zero-order valence-corrected chi connectivity index (χ0v) is 9.27. The maximum absolute atomic E-state index is 11.6. The number of carbonyl (C=O) groups excluding carboxylic acids is 1. The van der Waals surface area contributed by atoms with Crippen molar-refractivity contribution in [3.63, 3.8) is 0 Å². The number of benzene rings is 1. The Morgan fingerprint density at radius 1 is 1.19 bits per heavy atom. The predicted molar refractivity (Wildman–Crippen MR) is 54.7 cm³/mol. The molecule has 1 aliphatic heterocycles. The number of fused-ring (bicyclic) bond motifs is 1. The van der Waals surface area contributed by atoms with Crippen LogP contribution in [0.3, 0.4) is 0 Å². The van der Waals surface area contributed by atoms with Crippen LogP contribution < -0.4 is 9.47 Å². The van der Waals surface area contributed by atoms with E-state index < -0.39 is 12.3 Å². The van der Waals surface area contributed by atoms with Crippen molar-refractivity contribution in [3.05, 3.63) is 23.3 Å². The Morgan fingerprint density at radius 2 is 1.94 bits per heavy atom. The van der Waals surface area contributed by atoms with Crippen molar-refractivity contribution < 1.29 is 23.7 Å². The van der Waals surface area contributed by atoms with Crippen molar-refractivity contribution >= 4 is 5.97 Å². The summed E-state index contributed by atoms with van der Waals surface area (Å²) in [5.41, 5.74) is 1.03. The highest BCUT2D eigenvalue weighted by molar-refractivity contribution is 5.97. The third-order valence-corrected chi connectivity index (χ3v) is 2.46. The fourth-order valence-electron chi connectivity index (χ4n) is 1.74. The minimum Gasteiger partial charge on any atom is -0.493 e. The summed E-state index contributed by atoms with van der Waals surface area (Å²) < 4.78 is 20.3. The molecule has 1 aromatic rings.